The molecule has 3 rings (SSSR count). The summed E-state index contributed by atoms with van der Waals surface area (Å²) < 4.78 is 46.5. The molecule has 0 radical (unpaired) electrons. The quantitative estimate of drug-likeness (QED) is 0.568. The van der Waals surface area contributed by atoms with Crippen LogP contribution in [0.3, 0.4) is 0 Å². The van der Waals surface area contributed by atoms with Crippen LogP contribution < -0.4 is 15.5 Å². The number of halogens is 4. The van der Waals surface area contributed by atoms with Crippen LogP contribution in [0.4, 0.5) is 23.7 Å². The van der Waals surface area contributed by atoms with Gasteiger partial charge in [0, 0.05) is 35.2 Å². The average molecular weight is 512 g/mol. The second-order valence-corrected chi connectivity index (χ2v) is 8.58. The first-order chi connectivity index (χ1) is 16.6. The predicted octanol–water partition coefficient (Wildman–Crippen LogP) is 4.60. The summed E-state index contributed by atoms with van der Waals surface area (Å²) in [6, 6.07) is 8.93. The van der Waals surface area contributed by atoms with Gasteiger partial charge in [0.05, 0.1) is 7.11 Å². The average Bonchev–Trinajstić information content (AvgIpc) is 2.80. The number of carbonyl (C=O) groups excluding carboxylic acids is 3. The van der Waals surface area contributed by atoms with Crippen molar-refractivity contribution in [1.82, 2.24) is 10.6 Å². The first kappa shape index (κ1) is 26.3. The number of alkyl halides is 2. The second kappa shape index (κ2) is 11.4. The zero-order valence-electron chi connectivity index (χ0n) is 18.9. The summed E-state index contributed by atoms with van der Waals surface area (Å²) in [4.78, 5) is 39.4. The van der Waals surface area contributed by atoms with Gasteiger partial charge in [0.1, 0.15) is 18.4 Å². The van der Waals surface area contributed by atoms with Crippen LogP contribution in [0.15, 0.2) is 48.5 Å². The molecule has 0 bridgehead atoms. The van der Waals surface area contributed by atoms with Gasteiger partial charge in [0.15, 0.2) is 0 Å². The topological polar surface area (TPSA) is 87.7 Å². The number of nitrogens with one attached hydrogen (secondary N) is 2. The largest absolute Gasteiger partial charge is 0.453 e. The molecule has 3 amide bonds. The SMILES string of the molecule is COC(=O)NCC(=O)N(c1cccc(F)c1)[C@H](C(=O)N[C@@H]1CCCC(F)(F)C1)c1ccccc1Cl. The van der Waals surface area contributed by atoms with Gasteiger partial charge >= 0.3 is 6.09 Å². The maximum absolute atomic E-state index is 14.1. The molecular formula is C24H25ClF3N3O4. The fourth-order valence-corrected chi connectivity index (χ4v) is 4.28. The third-order valence-electron chi connectivity index (χ3n) is 5.62. The van der Waals surface area contributed by atoms with Crippen LogP contribution in [-0.2, 0) is 14.3 Å². The van der Waals surface area contributed by atoms with E-state index in [1.54, 1.807) is 12.1 Å². The molecule has 2 atom stereocenters. The highest BCUT2D eigenvalue weighted by Gasteiger charge is 2.40. The number of carbonyl (C=O) groups is 3. The van der Waals surface area contributed by atoms with Gasteiger partial charge in [0.2, 0.25) is 17.7 Å². The summed E-state index contributed by atoms with van der Waals surface area (Å²) in [6.07, 6.45) is -1.12. The Labute approximate surface area is 205 Å². The molecule has 1 aliphatic carbocycles. The second-order valence-electron chi connectivity index (χ2n) is 8.17. The van der Waals surface area contributed by atoms with E-state index >= 15 is 0 Å². The van der Waals surface area contributed by atoms with Crippen molar-refractivity contribution >= 4 is 35.2 Å². The van der Waals surface area contributed by atoms with E-state index in [4.69, 9.17) is 11.6 Å². The fraction of sp³-hybridized carbons (Fsp3) is 0.375. The highest BCUT2D eigenvalue weighted by atomic mass is 35.5. The number of ether oxygens (including phenoxy) is 1. The number of alkyl carbamates (subject to hydrolysis) is 1. The minimum absolute atomic E-state index is 0.00992. The molecule has 35 heavy (non-hydrogen) atoms. The molecule has 1 aliphatic rings. The first-order valence-corrected chi connectivity index (χ1v) is 11.3. The number of nitrogens with zero attached hydrogens (tertiary/aromatic N) is 1. The lowest BCUT2D eigenvalue weighted by Gasteiger charge is -2.35. The molecule has 0 saturated heterocycles. The number of benzene rings is 2. The van der Waals surface area contributed by atoms with Crippen LogP contribution in [0.25, 0.3) is 0 Å². The highest BCUT2D eigenvalue weighted by Crippen LogP contribution is 2.35. The lowest BCUT2D eigenvalue weighted by atomic mass is 9.91. The van der Waals surface area contributed by atoms with Crippen LogP contribution >= 0.6 is 11.6 Å². The standard InChI is InChI=1S/C24H25ClF3N3O4/c1-35-23(34)29-14-20(32)31(17-8-4-6-15(26)12-17)21(18-9-2-3-10-19(18)25)22(33)30-16-7-5-11-24(27,28)13-16/h2-4,6,8-10,12,16,21H,5,7,11,13-14H2,1H3,(H,29,34)(H,30,33)/t16-,21+/m1/s1. The normalized spacial score (nSPS) is 17.7. The van der Waals surface area contributed by atoms with E-state index in [1.807, 2.05) is 0 Å². The van der Waals surface area contributed by atoms with E-state index in [2.05, 4.69) is 15.4 Å². The molecule has 1 saturated carbocycles. The van der Waals surface area contributed by atoms with Gasteiger partial charge in [-0.2, -0.15) is 0 Å². The van der Waals surface area contributed by atoms with E-state index < -0.39 is 54.7 Å². The molecule has 2 aromatic rings. The van der Waals surface area contributed by atoms with Crippen LogP contribution in [-0.4, -0.2) is 43.5 Å². The molecule has 0 spiro atoms. The van der Waals surface area contributed by atoms with Crippen molar-refractivity contribution in [2.24, 2.45) is 0 Å². The van der Waals surface area contributed by atoms with Crippen LogP contribution in [0.5, 0.6) is 0 Å². The maximum atomic E-state index is 14.1. The van der Waals surface area contributed by atoms with E-state index in [9.17, 15) is 27.6 Å². The fourth-order valence-electron chi connectivity index (χ4n) is 4.04. The number of hydrogen-bond donors (Lipinski definition) is 2. The summed E-state index contributed by atoms with van der Waals surface area (Å²) in [5, 5.41) is 4.99. The molecule has 0 aliphatic heterocycles. The Bertz CT molecular complexity index is 1090. The number of amides is 3. The predicted molar refractivity (Wildman–Crippen MR) is 124 cm³/mol. The van der Waals surface area contributed by atoms with Crippen molar-refractivity contribution in [3.63, 3.8) is 0 Å². The summed E-state index contributed by atoms with van der Waals surface area (Å²) in [6.45, 7) is -0.584. The van der Waals surface area contributed by atoms with E-state index in [1.165, 1.54) is 24.3 Å². The molecular weight excluding hydrogens is 487 g/mol. The summed E-state index contributed by atoms with van der Waals surface area (Å²) >= 11 is 6.37. The molecule has 188 valence electrons. The number of hydrogen-bond acceptors (Lipinski definition) is 4. The van der Waals surface area contributed by atoms with Gasteiger partial charge in [-0.25, -0.2) is 18.0 Å². The zero-order chi connectivity index (χ0) is 25.6. The van der Waals surface area contributed by atoms with Gasteiger partial charge in [-0.1, -0.05) is 35.9 Å². The third kappa shape index (κ3) is 6.88. The minimum atomic E-state index is -2.92. The molecule has 11 heteroatoms. The van der Waals surface area contributed by atoms with Gasteiger partial charge in [-0.3, -0.25) is 14.5 Å². The Balaban J connectivity index is 2.03. The van der Waals surface area contributed by atoms with Crippen LogP contribution in [0.1, 0.15) is 37.3 Å². The molecule has 0 unspecified atom stereocenters. The summed E-state index contributed by atoms with van der Waals surface area (Å²) in [5.41, 5.74) is 0.209. The Morgan fingerprint density at radius 1 is 1.20 bits per heavy atom. The third-order valence-corrected chi connectivity index (χ3v) is 5.96. The van der Waals surface area contributed by atoms with Crippen molar-refractivity contribution in [2.75, 3.05) is 18.6 Å². The van der Waals surface area contributed by atoms with Crippen molar-refractivity contribution in [2.45, 2.75) is 43.7 Å². The number of methoxy groups -OCH3 is 1. The van der Waals surface area contributed by atoms with Crippen molar-refractivity contribution < 1.29 is 32.3 Å². The summed E-state index contributed by atoms with van der Waals surface area (Å²) in [7, 11) is 1.12. The van der Waals surface area contributed by atoms with Crippen molar-refractivity contribution in [1.29, 1.82) is 0 Å². The number of rotatable bonds is 7. The maximum Gasteiger partial charge on any atom is 0.407 e. The Hall–Kier alpha value is -3.27. The lowest BCUT2D eigenvalue weighted by molar-refractivity contribution is -0.128. The molecule has 0 aromatic heterocycles. The van der Waals surface area contributed by atoms with E-state index in [0.29, 0.717) is 6.42 Å². The molecule has 0 heterocycles. The Morgan fingerprint density at radius 3 is 2.60 bits per heavy atom. The molecule has 7 nitrogen and oxygen atoms in total. The molecule has 2 aromatic carbocycles. The first-order valence-electron chi connectivity index (χ1n) is 10.9. The minimum Gasteiger partial charge on any atom is -0.453 e. The smallest absolute Gasteiger partial charge is 0.407 e. The Kier molecular flexibility index (Phi) is 8.61. The highest BCUT2D eigenvalue weighted by molar-refractivity contribution is 6.31. The van der Waals surface area contributed by atoms with Gasteiger partial charge in [-0.15, -0.1) is 0 Å². The molecule has 2 N–H and O–H groups in total. The zero-order valence-corrected chi connectivity index (χ0v) is 19.7. The summed E-state index contributed by atoms with van der Waals surface area (Å²) in [5.74, 6) is -5.14. The van der Waals surface area contributed by atoms with Crippen LogP contribution in [0, 0.1) is 5.82 Å². The van der Waals surface area contributed by atoms with E-state index in [0.717, 1.165) is 24.1 Å². The van der Waals surface area contributed by atoms with Gasteiger partial charge in [0.25, 0.3) is 0 Å². The molecule has 1 fully saturated rings. The monoisotopic (exact) mass is 511 g/mol. The Morgan fingerprint density at radius 2 is 1.94 bits per heavy atom. The van der Waals surface area contributed by atoms with E-state index in [-0.39, 0.29) is 29.1 Å². The van der Waals surface area contributed by atoms with Crippen LogP contribution in [0.2, 0.25) is 5.02 Å². The number of anilines is 1. The van der Waals surface area contributed by atoms with Crippen molar-refractivity contribution in [3.8, 4) is 0 Å². The van der Waals surface area contributed by atoms with Gasteiger partial charge in [-0.05, 0) is 37.1 Å². The van der Waals surface area contributed by atoms with Crippen molar-refractivity contribution in [3.05, 3.63) is 64.9 Å². The lowest BCUT2D eigenvalue weighted by Crippen LogP contribution is -2.51. The van der Waals surface area contributed by atoms with Gasteiger partial charge < -0.3 is 15.4 Å².